The number of ether oxygens (including phenoxy) is 3. The highest BCUT2D eigenvalue weighted by atomic mass is 32.2. The number of alkyl halides is 2. The van der Waals surface area contributed by atoms with E-state index in [9.17, 15) is 36.4 Å². The van der Waals surface area contributed by atoms with Crippen LogP contribution in [0.1, 0.15) is 106 Å². The van der Waals surface area contributed by atoms with Crippen LogP contribution in [-0.2, 0) is 29.1 Å². The number of sulfonamides is 1. The second kappa shape index (κ2) is 18.6. The van der Waals surface area contributed by atoms with Gasteiger partial charge in [-0.05, 0) is 96.5 Å². The number of nitrogens with two attached hydrogens (primary N) is 1. The van der Waals surface area contributed by atoms with E-state index in [-0.39, 0.29) is 30.7 Å². The van der Waals surface area contributed by atoms with Crippen molar-refractivity contribution in [3.05, 3.63) is 42.6 Å². The topological polar surface area (TPSA) is 196 Å². The first-order valence-corrected chi connectivity index (χ1v) is 22.4. The van der Waals surface area contributed by atoms with Gasteiger partial charge < -0.3 is 30.2 Å². The van der Waals surface area contributed by atoms with Crippen molar-refractivity contribution in [2.75, 3.05) is 13.2 Å². The van der Waals surface area contributed by atoms with Crippen LogP contribution in [0.5, 0.6) is 11.6 Å². The zero-order chi connectivity index (χ0) is 44.2. The number of pyridine rings is 1. The minimum absolute atomic E-state index is 0.00176. The molecule has 0 bridgehead atoms. The molecular weight excluding hydrogens is 801 g/mol. The van der Waals surface area contributed by atoms with Gasteiger partial charge in [0.15, 0.2) is 5.60 Å². The summed E-state index contributed by atoms with van der Waals surface area (Å²) in [7, 11) is -3.72. The Morgan fingerprint density at radius 1 is 1.10 bits per heavy atom. The Morgan fingerprint density at radius 2 is 1.78 bits per heavy atom. The molecule has 1 saturated heterocycles. The number of allylic oxidation sites excluding steroid dienone is 2. The number of halogens is 2. The SMILES string of the molecule is CCOc1cnc(O[C@@H]2C[C@@H](C(N)=O)N(C(=O)[C@@H](NC(=O)OC(C)(C)C(C)(F)F)[C@H](C)C[C@@H](C)CC/C=C\[C@@H]3CCCC3C(=O)NS(=O)(=O)C3(C)CC3)C2)c2ccccc12. The fourth-order valence-corrected chi connectivity index (χ4v) is 9.33. The van der Waals surface area contributed by atoms with Crippen LogP contribution in [0.4, 0.5) is 13.6 Å². The van der Waals surface area contributed by atoms with Crippen LogP contribution >= 0.6 is 0 Å². The quantitative estimate of drug-likeness (QED) is 0.133. The number of rotatable bonds is 19. The van der Waals surface area contributed by atoms with Gasteiger partial charge in [0.2, 0.25) is 33.6 Å². The van der Waals surface area contributed by atoms with Crippen LogP contribution in [0, 0.1) is 23.7 Å². The molecule has 2 heterocycles. The smallest absolute Gasteiger partial charge is 0.408 e. The molecular formula is C43H61F2N5O9S. The normalized spacial score (nSPS) is 23.2. The van der Waals surface area contributed by atoms with E-state index in [2.05, 4.69) is 15.0 Å². The highest BCUT2D eigenvalue weighted by molar-refractivity contribution is 7.91. The number of hydrogen-bond donors (Lipinski definition) is 3. The number of fused-ring (bicyclic) bond motifs is 1. The zero-order valence-electron chi connectivity index (χ0n) is 35.7. The van der Waals surface area contributed by atoms with Gasteiger partial charge in [-0.3, -0.25) is 19.1 Å². The molecule has 5 rings (SSSR count). The summed E-state index contributed by atoms with van der Waals surface area (Å²) in [4.78, 5) is 59.3. The van der Waals surface area contributed by atoms with Crippen molar-refractivity contribution in [3.63, 3.8) is 0 Å². The number of nitrogens with zero attached hydrogens (tertiary/aromatic N) is 2. The minimum atomic E-state index is -3.72. The van der Waals surface area contributed by atoms with Crippen molar-refractivity contribution < 1.29 is 50.6 Å². The largest absolute Gasteiger partial charge is 0.492 e. The first-order chi connectivity index (χ1) is 28.1. The average molecular weight is 862 g/mol. The summed E-state index contributed by atoms with van der Waals surface area (Å²) in [6.45, 7) is 10.4. The molecule has 2 saturated carbocycles. The van der Waals surface area contributed by atoms with Gasteiger partial charge in [-0.1, -0.05) is 50.6 Å². The number of likely N-dealkylation sites (tertiary alicyclic amines) is 1. The average Bonchev–Trinajstić information content (AvgIpc) is 3.54. The first-order valence-electron chi connectivity index (χ1n) is 20.9. The molecule has 7 atom stereocenters. The van der Waals surface area contributed by atoms with Gasteiger partial charge >= 0.3 is 6.09 Å². The molecule has 1 aromatic heterocycles. The lowest BCUT2D eigenvalue weighted by Crippen LogP contribution is -2.56. The number of nitrogens with one attached hydrogen (secondary N) is 2. The van der Waals surface area contributed by atoms with Crippen molar-refractivity contribution in [2.24, 2.45) is 29.4 Å². The summed E-state index contributed by atoms with van der Waals surface area (Å²) < 4.78 is 72.7. The van der Waals surface area contributed by atoms with Gasteiger partial charge in [0.05, 0.1) is 24.1 Å². The molecule has 3 fully saturated rings. The van der Waals surface area contributed by atoms with Crippen molar-refractivity contribution >= 4 is 44.6 Å². The van der Waals surface area contributed by atoms with Gasteiger partial charge in [0.1, 0.15) is 23.9 Å². The number of carbonyl (C=O) groups excluding carboxylic acids is 4. The maximum Gasteiger partial charge on any atom is 0.408 e. The highest BCUT2D eigenvalue weighted by Crippen LogP contribution is 2.43. The molecule has 2 aromatic rings. The van der Waals surface area contributed by atoms with Crippen LogP contribution in [0.2, 0.25) is 0 Å². The van der Waals surface area contributed by atoms with E-state index >= 15 is 0 Å². The second-order valence-corrected chi connectivity index (χ2v) is 19.8. The summed E-state index contributed by atoms with van der Waals surface area (Å²) >= 11 is 0. The van der Waals surface area contributed by atoms with Crippen LogP contribution in [0.25, 0.3) is 10.8 Å². The third-order valence-electron chi connectivity index (χ3n) is 12.4. The van der Waals surface area contributed by atoms with Crippen LogP contribution in [-0.4, -0.2) is 89.7 Å². The number of primary amides is 1. The Balaban J connectivity index is 1.27. The van der Waals surface area contributed by atoms with E-state index in [1.165, 1.54) is 4.90 Å². The molecule has 1 aliphatic heterocycles. The van der Waals surface area contributed by atoms with Crippen molar-refractivity contribution in [1.82, 2.24) is 19.9 Å². The van der Waals surface area contributed by atoms with Gasteiger partial charge in [-0.2, -0.15) is 0 Å². The molecule has 2 aliphatic carbocycles. The lowest BCUT2D eigenvalue weighted by atomic mass is 9.87. The highest BCUT2D eigenvalue weighted by Gasteiger charge is 2.52. The molecule has 0 radical (unpaired) electrons. The Bertz CT molecular complexity index is 2040. The van der Waals surface area contributed by atoms with E-state index in [1.807, 2.05) is 50.3 Å². The number of hydrogen-bond acceptors (Lipinski definition) is 10. The van der Waals surface area contributed by atoms with Gasteiger partial charge in [0.25, 0.3) is 5.92 Å². The predicted molar refractivity (Wildman–Crippen MR) is 222 cm³/mol. The summed E-state index contributed by atoms with van der Waals surface area (Å²) in [5, 5.41) is 3.98. The fraction of sp³-hybridized carbons (Fsp3) is 0.651. The molecule has 3 aliphatic rings. The summed E-state index contributed by atoms with van der Waals surface area (Å²) in [6, 6.07) is 4.99. The molecule has 4 N–H and O–H groups in total. The third-order valence-corrected chi connectivity index (χ3v) is 14.6. The maximum absolute atomic E-state index is 14.5. The molecule has 332 valence electrons. The third kappa shape index (κ3) is 10.8. The number of carbonyl (C=O) groups is 4. The van der Waals surface area contributed by atoms with E-state index in [0.717, 1.165) is 32.1 Å². The van der Waals surface area contributed by atoms with Gasteiger partial charge in [-0.15, -0.1) is 0 Å². The monoisotopic (exact) mass is 861 g/mol. The van der Waals surface area contributed by atoms with Crippen LogP contribution < -0.4 is 25.2 Å². The molecule has 60 heavy (non-hydrogen) atoms. The number of aromatic nitrogens is 1. The molecule has 1 aromatic carbocycles. The first kappa shape index (κ1) is 46.5. The van der Waals surface area contributed by atoms with E-state index in [1.54, 1.807) is 20.0 Å². The van der Waals surface area contributed by atoms with Gasteiger partial charge in [-0.25, -0.2) is 27.0 Å². The minimum Gasteiger partial charge on any atom is -0.492 e. The number of benzene rings is 1. The standard InChI is InChI=1S/C43H61F2N5O9S/c1-8-57-34-24-47-38(32-18-12-11-17-31(32)34)58-29-23-33(36(46)51)50(25-29)39(53)35(48-40(54)59-41(4,5)43(7,44)45)27(3)22-26(2)14-9-10-15-28-16-13-19-30(28)37(52)49-60(55,56)42(6)20-21-42/h10-12,15,17-18,24,26-30,33,35H,8-9,13-14,16,19-23,25H2,1-7H3,(H2,46,51)(H,48,54)(H,49,52)/b15-10-/t26-,27+,28+,29+,30?,33-,35-/m0/s1. The number of amides is 4. The lowest BCUT2D eigenvalue weighted by Gasteiger charge is -2.34. The summed E-state index contributed by atoms with van der Waals surface area (Å²) in [6.07, 6.45) is 8.62. The van der Waals surface area contributed by atoms with Crippen molar-refractivity contribution in [1.29, 1.82) is 0 Å². The van der Waals surface area contributed by atoms with Crippen LogP contribution in [0.15, 0.2) is 42.6 Å². The van der Waals surface area contributed by atoms with E-state index in [4.69, 9.17) is 19.9 Å². The zero-order valence-corrected chi connectivity index (χ0v) is 36.5. The molecule has 1 unspecified atom stereocenters. The Kier molecular flexibility index (Phi) is 14.4. The Morgan fingerprint density at radius 3 is 2.42 bits per heavy atom. The molecule has 4 amide bonds. The lowest BCUT2D eigenvalue weighted by molar-refractivity contribution is -0.151. The predicted octanol–water partition coefficient (Wildman–Crippen LogP) is 6.41. The molecule has 17 heteroatoms. The van der Waals surface area contributed by atoms with E-state index < -0.39 is 80.1 Å². The summed E-state index contributed by atoms with van der Waals surface area (Å²) in [5.74, 6) is -5.51. The van der Waals surface area contributed by atoms with E-state index in [0.29, 0.717) is 63.2 Å². The fourth-order valence-electron chi connectivity index (χ4n) is 8.02. The summed E-state index contributed by atoms with van der Waals surface area (Å²) in [5.41, 5.74) is 3.63. The number of alkyl carbamates (subject to hydrolysis) is 1. The van der Waals surface area contributed by atoms with Gasteiger partial charge in [0, 0.05) is 30.0 Å². The Labute approximate surface area is 351 Å². The van der Waals surface area contributed by atoms with Crippen molar-refractivity contribution in [2.45, 2.75) is 141 Å². The van der Waals surface area contributed by atoms with Crippen LogP contribution in [0.3, 0.4) is 0 Å². The second-order valence-electron chi connectivity index (χ2n) is 17.6. The molecule has 14 nitrogen and oxygen atoms in total. The Hall–Kier alpha value is -4.54. The maximum atomic E-state index is 14.5. The van der Waals surface area contributed by atoms with Crippen molar-refractivity contribution in [3.8, 4) is 11.6 Å². The molecule has 0 spiro atoms.